The van der Waals surface area contributed by atoms with Crippen molar-refractivity contribution in [3.8, 4) is 0 Å². The van der Waals surface area contributed by atoms with Gasteiger partial charge in [-0.2, -0.15) is 0 Å². The van der Waals surface area contributed by atoms with Crippen LogP contribution in [0.5, 0.6) is 0 Å². The Morgan fingerprint density at radius 3 is 2.38 bits per heavy atom. The largest absolute Gasteiger partial charge is 0.387 e. The first kappa shape index (κ1) is 10.3. The summed E-state index contributed by atoms with van der Waals surface area (Å²) < 4.78 is 0. The van der Waals surface area contributed by atoms with E-state index in [1.54, 1.807) is 0 Å². The van der Waals surface area contributed by atoms with Gasteiger partial charge in [-0.15, -0.1) is 0 Å². The molecule has 16 heavy (non-hydrogen) atoms. The summed E-state index contributed by atoms with van der Waals surface area (Å²) in [6, 6.07) is 10.4. The summed E-state index contributed by atoms with van der Waals surface area (Å²) in [7, 11) is 0. The quantitative estimate of drug-likeness (QED) is 0.821. The van der Waals surface area contributed by atoms with E-state index in [0.717, 1.165) is 11.5 Å². The second-order valence-corrected chi connectivity index (χ2v) is 5.14. The Bertz CT molecular complexity index is 343. The number of benzene rings is 1. The van der Waals surface area contributed by atoms with E-state index in [-0.39, 0.29) is 6.10 Å². The molecule has 3 saturated heterocycles. The molecule has 0 spiro atoms. The SMILES string of the molecule is O[C@@H](c1ccccc1)[C@@H]1CC2CCN1CC2. The summed E-state index contributed by atoms with van der Waals surface area (Å²) in [4.78, 5) is 2.47. The fourth-order valence-corrected chi connectivity index (χ4v) is 3.21. The van der Waals surface area contributed by atoms with Crippen LogP contribution in [0, 0.1) is 5.92 Å². The highest BCUT2D eigenvalue weighted by Crippen LogP contribution is 2.37. The topological polar surface area (TPSA) is 23.5 Å². The van der Waals surface area contributed by atoms with Crippen LogP contribution in [-0.4, -0.2) is 29.1 Å². The van der Waals surface area contributed by atoms with E-state index < -0.39 is 0 Å². The lowest BCUT2D eigenvalue weighted by Crippen LogP contribution is -2.51. The number of rotatable bonds is 2. The molecule has 0 saturated carbocycles. The van der Waals surface area contributed by atoms with Crippen LogP contribution in [0.25, 0.3) is 0 Å². The Balaban J connectivity index is 1.78. The van der Waals surface area contributed by atoms with Gasteiger partial charge in [-0.25, -0.2) is 0 Å². The maximum absolute atomic E-state index is 10.4. The molecule has 3 aliphatic rings. The number of hydrogen-bond donors (Lipinski definition) is 1. The zero-order chi connectivity index (χ0) is 11.0. The average molecular weight is 217 g/mol. The standard InChI is InChI=1S/C14H19NO/c16-14(12-4-2-1-3-5-12)13-10-11-6-8-15(13)9-7-11/h1-5,11,13-14,16H,6-10H2/t13-,14-/m0/s1. The monoisotopic (exact) mass is 217 g/mol. The van der Waals surface area contributed by atoms with Crippen molar-refractivity contribution in [3.63, 3.8) is 0 Å². The number of piperidine rings is 3. The molecule has 2 nitrogen and oxygen atoms in total. The molecule has 0 amide bonds. The molecule has 0 aromatic heterocycles. The summed E-state index contributed by atoms with van der Waals surface area (Å²) in [5.74, 6) is 0.855. The van der Waals surface area contributed by atoms with Crippen molar-refractivity contribution < 1.29 is 5.11 Å². The Kier molecular flexibility index (Phi) is 2.70. The van der Waals surface area contributed by atoms with Crippen LogP contribution in [0.15, 0.2) is 30.3 Å². The maximum atomic E-state index is 10.4. The van der Waals surface area contributed by atoms with Crippen molar-refractivity contribution in [1.29, 1.82) is 0 Å². The summed E-state index contributed by atoms with van der Waals surface area (Å²) >= 11 is 0. The third kappa shape index (κ3) is 1.76. The third-order valence-corrected chi connectivity index (χ3v) is 4.20. The van der Waals surface area contributed by atoms with Crippen LogP contribution >= 0.6 is 0 Å². The minimum Gasteiger partial charge on any atom is -0.387 e. The molecule has 2 atom stereocenters. The van der Waals surface area contributed by atoms with Gasteiger partial charge in [0, 0.05) is 6.04 Å². The molecule has 86 valence electrons. The summed E-state index contributed by atoms with van der Waals surface area (Å²) in [6.07, 6.45) is 3.54. The number of aliphatic hydroxyl groups is 1. The molecule has 0 aliphatic carbocycles. The Morgan fingerprint density at radius 2 is 1.81 bits per heavy atom. The van der Waals surface area contributed by atoms with E-state index >= 15 is 0 Å². The molecule has 4 rings (SSSR count). The van der Waals surface area contributed by atoms with Crippen molar-refractivity contribution in [1.82, 2.24) is 4.90 Å². The van der Waals surface area contributed by atoms with E-state index in [9.17, 15) is 5.11 Å². The van der Waals surface area contributed by atoms with Crippen molar-refractivity contribution >= 4 is 0 Å². The molecule has 2 bridgehead atoms. The minimum atomic E-state index is -0.302. The number of nitrogens with zero attached hydrogens (tertiary/aromatic N) is 1. The van der Waals surface area contributed by atoms with Gasteiger partial charge in [0.25, 0.3) is 0 Å². The molecule has 3 aliphatic heterocycles. The second-order valence-electron chi connectivity index (χ2n) is 5.14. The first-order valence-corrected chi connectivity index (χ1v) is 6.31. The lowest BCUT2D eigenvalue weighted by molar-refractivity contribution is -0.0268. The summed E-state index contributed by atoms with van der Waals surface area (Å²) in [6.45, 7) is 2.36. The number of fused-ring (bicyclic) bond motifs is 3. The molecular weight excluding hydrogens is 198 g/mol. The Hall–Kier alpha value is -0.860. The predicted molar refractivity (Wildman–Crippen MR) is 64.1 cm³/mol. The van der Waals surface area contributed by atoms with E-state index in [1.165, 1.54) is 32.4 Å². The van der Waals surface area contributed by atoms with E-state index in [0.29, 0.717) is 6.04 Å². The molecule has 0 radical (unpaired) electrons. The third-order valence-electron chi connectivity index (χ3n) is 4.20. The van der Waals surface area contributed by atoms with Crippen molar-refractivity contribution in [2.45, 2.75) is 31.4 Å². The molecule has 1 aromatic rings. The van der Waals surface area contributed by atoms with E-state index in [2.05, 4.69) is 4.90 Å². The van der Waals surface area contributed by atoms with Crippen LogP contribution < -0.4 is 0 Å². The van der Waals surface area contributed by atoms with Gasteiger partial charge in [0.2, 0.25) is 0 Å². The van der Waals surface area contributed by atoms with Gasteiger partial charge in [-0.3, -0.25) is 4.90 Å². The lowest BCUT2D eigenvalue weighted by Gasteiger charge is -2.47. The van der Waals surface area contributed by atoms with Crippen LogP contribution in [0.4, 0.5) is 0 Å². The Morgan fingerprint density at radius 1 is 1.12 bits per heavy atom. The fraction of sp³-hybridized carbons (Fsp3) is 0.571. The summed E-state index contributed by atoms with van der Waals surface area (Å²) in [5, 5.41) is 10.4. The van der Waals surface area contributed by atoms with Crippen LogP contribution in [0.1, 0.15) is 30.9 Å². The normalized spacial score (nSPS) is 34.9. The fourth-order valence-electron chi connectivity index (χ4n) is 3.21. The smallest absolute Gasteiger partial charge is 0.0945 e. The highest BCUT2D eigenvalue weighted by atomic mass is 16.3. The second kappa shape index (κ2) is 4.19. The molecule has 1 aromatic carbocycles. The number of hydrogen-bond acceptors (Lipinski definition) is 2. The van der Waals surface area contributed by atoms with Crippen molar-refractivity contribution in [2.75, 3.05) is 13.1 Å². The highest BCUT2D eigenvalue weighted by Gasteiger charge is 2.37. The average Bonchev–Trinajstić information content (AvgIpc) is 2.40. The van der Waals surface area contributed by atoms with Crippen LogP contribution in [-0.2, 0) is 0 Å². The Labute approximate surface area is 96.9 Å². The van der Waals surface area contributed by atoms with Crippen molar-refractivity contribution in [3.05, 3.63) is 35.9 Å². The lowest BCUT2D eigenvalue weighted by atomic mass is 9.80. The maximum Gasteiger partial charge on any atom is 0.0945 e. The highest BCUT2D eigenvalue weighted by molar-refractivity contribution is 5.19. The molecule has 0 unspecified atom stereocenters. The van der Waals surface area contributed by atoms with Gasteiger partial charge in [0.1, 0.15) is 0 Å². The zero-order valence-electron chi connectivity index (χ0n) is 9.55. The van der Waals surface area contributed by atoms with Gasteiger partial charge >= 0.3 is 0 Å². The molecular formula is C14H19NO. The van der Waals surface area contributed by atoms with Gasteiger partial charge < -0.3 is 5.11 Å². The first-order valence-electron chi connectivity index (χ1n) is 6.31. The van der Waals surface area contributed by atoms with Crippen LogP contribution in [0.2, 0.25) is 0 Å². The molecule has 2 heteroatoms. The van der Waals surface area contributed by atoms with E-state index in [4.69, 9.17) is 0 Å². The molecule has 1 N–H and O–H groups in total. The van der Waals surface area contributed by atoms with Gasteiger partial charge in [0.15, 0.2) is 0 Å². The van der Waals surface area contributed by atoms with Gasteiger partial charge in [0.05, 0.1) is 6.10 Å². The predicted octanol–water partition coefficient (Wildman–Crippen LogP) is 2.20. The molecule has 3 fully saturated rings. The van der Waals surface area contributed by atoms with Crippen molar-refractivity contribution in [2.24, 2.45) is 5.92 Å². The summed E-state index contributed by atoms with van der Waals surface area (Å²) in [5.41, 5.74) is 1.07. The zero-order valence-corrected chi connectivity index (χ0v) is 9.55. The first-order chi connectivity index (χ1) is 7.84. The number of aliphatic hydroxyl groups excluding tert-OH is 1. The molecule has 3 heterocycles. The van der Waals surface area contributed by atoms with E-state index in [1.807, 2.05) is 30.3 Å². The minimum absolute atomic E-state index is 0.302. The van der Waals surface area contributed by atoms with Crippen LogP contribution in [0.3, 0.4) is 0 Å². The van der Waals surface area contributed by atoms with Gasteiger partial charge in [-0.1, -0.05) is 30.3 Å². The van der Waals surface area contributed by atoms with Gasteiger partial charge in [-0.05, 0) is 43.8 Å².